The first-order valence-electron chi connectivity index (χ1n) is 6.62. The molecule has 106 valence electrons. The summed E-state index contributed by atoms with van der Waals surface area (Å²) in [7, 11) is 0. The third-order valence-corrected chi connectivity index (χ3v) is 5.48. The molecule has 1 amide bonds. The molecule has 1 heterocycles. The lowest BCUT2D eigenvalue weighted by Crippen LogP contribution is -2.30. The molecule has 4 heteroatoms. The molecule has 2 rings (SSSR count). The second kappa shape index (κ2) is 6.55. The van der Waals surface area contributed by atoms with Crippen molar-refractivity contribution >= 4 is 33.2 Å². The maximum atomic E-state index is 12.6. The topological polar surface area (TPSA) is 20.3 Å². The van der Waals surface area contributed by atoms with Gasteiger partial charge in [-0.05, 0) is 59.5 Å². The zero-order chi connectivity index (χ0) is 14.7. The fourth-order valence-corrected chi connectivity index (χ4v) is 3.54. The van der Waals surface area contributed by atoms with Gasteiger partial charge in [-0.3, -0.25) is 4.79 Å². The molecule has 0 fully saturated rings. The first kappa shape index (κ1) is 15.3. The quantitative estimate of drug-likeness (QED) is 0.775. The summed E-state index contributed by atoms with van der Waals surface area (Å²) in [4.78, 5) is 15.3. The number of benzene rings is 1. The second-order valence-corrected chi connectivity index (χ2v) is 7.18. The highest BCUT2D eigenvalue weighted by atomic mass is 79.9. The van der Waals surface area contributed by atoms with Crippen molar-refractivity contribution in [2.24, 2.45) is 0 Å². The molecule has 0 N–H and O–H groups in total. The molecular formula is C16H18BrNOS. The summed E-state index contributed by atoms with van der Waals surface area (Å²) < 4.78 is 1.03. The van der Waals surface area contributed by atoms with E-state index in [0.29, 0.717) is 13.1 Å². The number of carbonyl (C=O) groups is 1. The van der Waals surface area contributed by atoms with Crippen LogP contribution in [0.5, 0.6) is 0 Å². The Morgan fingerprint density at radius 1 is 1.25 bits per heavy atom. The van der Waals surface area contributed by atoms with E-state index in [1.54, 1.807) is 0 Å². The minimum Gasteiger partial charge on any atom is -0.334 e. The zero-order valence-electron chi connectivity index (χ0n) is 11.9. The van der Waals surface area contributed by atoms with E-state index in [2.05, 4.69) is 35.0 Å². The van der Waals surface area contributed by atoms with E-state index >= 15 is 0 Å². The molecular weight excluding hydrogens is 334 g/mol. The van der Waals surface area contributed by atoms with E-state index in [1.165, 1.54) is 22.5 Å². The van der Waals surface area contributed by atoms with Crippen LogP contribution in [0.2, 0.25) is 0 Å². The Labute approximate surface area is 132 Å². The SMILES string of the molecule is CCN(Cc1ccccc1C)C(=O)c1cc(C)c(Br)s1. The lowest BCUT2D eigenvalue weighted by molar-refractivity contribution is 0.0757. The van der Waals surface area contributed by atoms with Gasteiger partial charge in [0.15, 0.2) is 0 Å². The van der Waals surface area contributed by atoms with Crippen molar-refractivity contribution in [1.82, 2.24) is 4.90 Å². The minimum absolute atomic E-state index is 0.106. The first-order valence-corrected chi connectivity index (χ1v) is 8.23. The molecule has 0 spiro atoms. The van der Waals surface area contributed by atoms with Crippen LogP contribution in [0.15, 0.2) is 34.1 Å². The summed E-state index contributed by atoms with van der Waals surface area (Å²) in [5.74, 6) is 0.106. The molecule has 20 heavy (non-hydrogen) atoms. The first-order chi connectivity index (χ1) is 9.52. The predicted molar refractivity (Wildman–Crippen MR) is 88.3 cm³/mol. The van der Waals surface area contributed by atoms with Gasteiger partial charge in [0.05, 0.1) is 8.66 Å². The number of aryl methyl sites for hydroxylation is 2. The predicted octanol–water partition coefficient (Wildman–Crippen LogP) is 4.79. The number of halogens is 1. The number of nitrogens with zero attached hydrogens (tertiary/aromatic N) is 1. The van der Waals surface area contributed by atoms with Gasteiger partial charge in [0, 0.05) is 13.1 Å². The van der Waals surface area contributed by atoms with E-state index in [9.17, 15) is 4.79 Å². The number of carbonyl (C=O) groups excluding carboxylic acids is 1. The Morgan fingerprint density at radius 2 is 1.95 bits per heavy atom. The molecule has 0 atom stereocenters. The van der Waals surface area contributed by atoms with Crippen LogP contribution >= 0.6 is 27.3 Å². The molecule has 2 nitrogen and oxygen atoms in total. The van der Waals surface area contributed by atoms with E-state index in [0.717, 1.165) is 14.2 Å². The fourth-order valence-electron chi connectivity index (χ4n) is 2.04. The van der Waals surface area contributed by atoms with Crippen LogP contribution in [0.4, 0.5) is 0 Å². The summed E-state index contributed by atoms with van der Waals surface area (Å²) in [5.41, 5.74) is 3.54. The smallest absolute Gasteiger partial charge is 0.264 e. The lowest BCUT2D eigenvalue weighted by Gasteiger charge is -2.21. The van der Waals surface area contributed by atoms with Crippen molar-refractivity contribution in [3.63, 3.8) is 0 Å². The highest BCUT2D eigenvalue weighted by molar-refractivity contribution is 9.11. The summed E-state index contributed by atoms with van der Waals surface area (Å²) >= 11 is 4.99. The van der Waals surface area contributed by atoms with Gasteiger partial charge in [-0.15, -0.1) is 11.3 Å². The van der Waals surface area contributed by atoms with Crippen LogP contribution in [0.25, 0.3) is 0 Å². The Bertz CT molecular complexity index is 601. The van der Waals surface area contributed by atoms with Crippen molar-refractivity contribution in [3.8, 4) is 0 Å². The minimum atomic E-state index is 0.106. The standard InChI is InChI=1S/C16H18BrNOS/c1-4-18(10-13-8-6-5-7-11(13)2)16(19)14-9-12(3)15(17)20-14/h5-9H,4,10H2,1-3H3. The monoisotopic (exact) mass is 351 g/mol. The molecule has 2 aromatic rings. The van der Waals surface area contributed by atoms with Crippen LogP contribution in [0.1, 0.15) is 33.3 Å². The third kappa shape index (κ3) is 3.30. The number of hydrogen-bond donors (Lipinski definition) is 0. The van der Waals surface area contributed by atoms with Gasteiger partial charge in [0.2, 0.25) is 0 Å². The number of hydrogen-bond acceptors (Lipinski definition) is 2. The largest absolute Gasteiger partial charge is 0.334 e. The van der Waals surface area contributed by atoms with Crippen LogP contribution in [0.3, 0.4) is 0 Å². The summed E-state index contributed by atoms with van der Waals surface area (Å²) in [6, 6.07) is 10.2. The molecule has 0 saturated carbocycles. The van der Waals surface area contributed by atoms with E-state index in [4.69, 9.17) is 0 Å². The Kier molecular flexibility index (Phi) is 5.00. The molecule has 1 aromatic heterocycles. The molecule has 0 saturated heterocycles. The fraction of sp³-hybridized carbons (Fsp3) is 0.312. The van der Waals surface area contributed by atoms with Gasteiger partial charge in [-0.2, -0.15) is 0 Å². The van der Waals surface area contributed by atoms with E-state index in [1.807, 2.05) is 36.9 Å². The summed E-state index contributed by atoms with van der Waals surface area (Å²) in [5, 5.41) is 0. The highest BCUT2D eigenvalue weighted by Gasteiger charge is 2.18. The lowest BCUT2D eigenvalue weighted by atomic mass is 10.1. The highest BCUT2D eigenvalue weighted by Crippen LogP contribution is 2.28. The van der Waals surface area contributed by atoms with Crippen molar-refractivity contribution < 1.29 is 4.79 Å². The van der Waals surface area contributed by atoms with Crippen molar-refractivity contribution in [3.05, 3.63) is 55.7 Å². The Hall–Kier alpha value is -1.13. The maximum absolute atomic E-state index is 12.6. The molecule has 0 bridgehead atoms. The van der Waals surface area contributed by atoms with E-state index in [-0.39, 0.29) is 5.91 Å². The average molecular weight is 352 g/mol. The van der Waals surface area contributed by atoms with Gasteiger partial charge >= 0.3 is 0 Å². The Morgan fingerprint density at radius 3 is 2.50 bits per heavy atom. The molecule has 0 aliphatic heterocycles. The number of thiophene rings is 1. The normalized spacial score (nSPS) is 10.6. The van der Waals surface area contributed by atoms with Crippen LogP contribution < -0.4 is 0 Å². The van der Waals surface area contributed by atoms with Gasteiger partial charge < -0.3 is 4.90 Å². The van der Waals surface area contributed by atoms with E-state index < -0.39 is 0 Å². The van der Waals surface area contributed by atoms with Crippen LogP contribution in [0, 0.1) is 13.8 Å². The van der Waals surface area contributed by atoms with Gasteiger partial charge in [0.25, 0.3) is 5.91 Å². The molecule has 1 aromatic carbocycles. The van der Waals surface area contributed by atoms with Crippen LogP contribution in [-0.2, 0) is 6.54 Å². The summed E-state index contributed by atoms with van der Waals surface area (Å²) in [6.07, 6.45) is 0. The maximum Gasteiger partial charge on any atom is 0.264 e. The van der Waals surface area contributed by atoms with Gasteiger partial charge in [-0.1, -0.05) is 24.3 Å². The number of amides is 1. The zero-order valence-corrected chi connectivity index (χ0v) is 14.3. The average Bonchev–Trinajstić information content (AvgIpc) is 2.77. The van der Waals surface area contributed by atoms with Crippen molar-refractivity contribution in [1.29, 1.82) is 0 Å². The third-order valence-electron chi connectivity index (χ3n) is 3.36. The molecule has 0 unspecified atom stereocenters. The van der Waals surface area contributed by atoms with Crippen LogP contribution in [-0.4, -0.2) is 17.4 Å². The molecule has 0 radical (unpaired) electrons. The number of rotatable bonds is 4. The molecule has 0 aliphatic rings. The summed E-state index contributed by atoms with van der Waals surface area (Å²) in [6.45, 7) is 7.48. The molecule has 0 aliphatic carbocycles. The second-order valence-electron chi connectivity index (χ2n) is 4.81. The van der Waals surface area contributed by atoms with Gasteiger partial charge in [0.1, 0.15) is 0 Å². The van der Waals surface area contributed by atoms with Crippen molar-refractivity contribution in [2.75, 3.05) is 6.54 Å². The van der Waals surface area contributed by atoms with Gasteiger partial charge in [-0.25, -0.2) is 0 Å². The van der Waals surface area contributed by atoms with Crippen molar-refractivity contribution in [2.45, 2.75) is 27.3 Å². The Balaban J connectivity index is 2.20.